The van der Waals surface area contributed by atoms with Crippen molar-refractivity contribution in [1.29, 1.82) is 0 Å². The largest absolute Gasteiger partial charge is 0.573 e. The quantitative estimate of drug-likeness (QED) is 0.486. The second-order valence-corrected chi connectivity index (χ2v) is 8.57. The number of alkyl halides is 5. The Morgan fingerprint density at radius 1 is 1.06 bits per heavy atom. The lowest BCUT2D eigenvalue weighted by Gasteiger charge is -2.14. The molecule has 0 saturated heterocycles. The third-order valence-corrected chi connectivity index (χ3v) is 5.35. The van der Waals surface area contributed by atoms with E-state index in [2.05, 4.69) is 9.84 Å². The molecule has 0 bridgehead atoms. The predicted molar refractivity (Wildman–Crippen MR) is 98.4 cm³/mol. The second kappa shape index (κ2) is 7.91. The molecule has 166 valence electrons. The van der Waals surface area contributed by atoms with Crippen molar-refractivity contribution in [2.45, 2.75) is 24.6 Å². The number of sulfone groups is 1. The number of hydrogen-bond donors (Lipinski definition) is 0. The molecule has 0 fully saturated rings. The van der Waals surface area contributed by atoms with Crippen LogP contribution in [-0.2, 0) is 9.84 Å². The van der Waals surface area contributed by atoms with E-state index in [-0.39, 0.29) is 22.5 Å². The van der Waals surface area contributed by atoms with Crippen LogP contribution in [0.1, 0.15) is 17.7 Å². The van der Waals surface area contributed by atoms with Crippen molar-refractivity contribution >= 4 is 9.84 Å². The summed E-state index contributed by atoms with van der Waals surface area (Å²) < 4.78 is 107. The van der Waals surface area contributed by atoms with Gasteiger partial charge in [-0.15, -0.1) is 13.2 Å². The van der Waals surface area contributed by atoms with Gasteiger partial charge in [0.15, 0.2) is 9.84 Å². The zero-order valence-electron chi connectivity index (χ0n) is 15.9. The molecule has 1 heterocycles. The summed E-state index contributed by atoms with van der Waals surface area (Å²) in [6, 6.07) is 7.46. The van der Waals surface area contributed by atoms with Gasteiger partial charge in [0.1, 0.15) is 22.2 Å². The van der Waals surface area contributed by atoms with Gasteiger partial charge in [-0.1, -0.05) is 12.1 Å². The molecule has 0 N–H and O–H groups in total. The van der Waals surface area contributed by atoms with Crippen molar-refractivity contribution in [1.82, 2.24) is 9.78 Å². The number of halogens is 6. The second-order valence-electron chi connectivity index (χ2n) is 6.58. The van der Waals surface area contributed by atoms with Crippen molar-refractivity contribution in [2.75, 3.05) is 6.26 Å². The molecular weight excluding hydrogens is 450 g/mol. The van der Waals surface area contributed by atoms with Crippen molar-refractivity contribution in [2.24, 2.45) is 0 Å². The zero-order valence-corrected chi connectivity index (χ0v) is 16.7. The van der Waals surface area contributed by atoms with Crippen LogP contribution in [0.3, 0.4) is 0 Å². The summed E-state index contributed by atoms with van der Waals surface area (Å²) in [5.74, 6) is -1.68. The maximum absolute atomic E-state index is 14.3. The summed E-state index contributed by atoms with van der Waals surface area (Å²) in [6.45, 7) is 1.36. The minimum atomic E-state index is -4.98. The fourth-order valence-corrected chi connectivity index (χ4v) is 3.55. The highest BCUT2D eigenvalue weighted by molar-refractivity contribution is 7.90. The van der Waals surface area contributed by atoms with E-state index in [1.165, 1.54) is 25.1 Å². The van der Waals surface area contributed by atoms with Gasteiger partial charge in [0, 0.05) is 17.9 Å². The molecule has 3 aromatic rings. The first-order valence-electron chi connectivity index (χ1n) is 8.51. The summed E-state index contributed by atoms with van der Waals surface area (Å²) in [7, 11) is -3.87. The third-order valence-electron chi connectivity index (χ3n) is 4.22. The molecule has 0 amide bonds. The van der Waals surface area contributed by atoms with Crippen molar-refractivity contribution in [3.63, 3.8) is 0 Å². The highest BCUT2D eigenvalue weighted by atomic mass is 32.2. The predicted octanol–water partition coefficient (Wildman–Crippen LogP) is 5.23. The molecule has 0 radical (unpaired) electrons. The molecule has 2 aromatic carbocycles. The SMILES string of the molecule is Cc1ccc(-n2nc(C(F)F)cc2-c2ccc(S(C)(=O)=O)c(F)c2)cc1OC(F)(F)F. The van der Waals surface area contributed by atoms with Crippen LogP contribution >= 0.6 is 0 Å². The van der Waals surface area contributed by atoms with Gasteiger partial charge >= 0.3 is 6.36 Å². The highest BCUT2D eigenvalue weighted by Crippen LogP contribution is 2.33. The van der Waals surface area contributed by atoms with Crippen LogP contribution in [0.5, 0.6) is 5.75 Å². The minimum absolute atomic E-state index is 0.0110. The van der Waals surface area contributed by atoms with E-state index < -0.39 is 44.8 Å². The number of aryl methyl sites for hydroxylation is 1. The van der Waals surface area contributed by atoms with Gasteiger partial charge < -0.3 is 4.74 Å². The molecule has 1 aromatic heterocycles. The van der Waals surface area contributed by atoms with Crippen LogP contribution in [-0.4, -0.2) is 30.8 Å². The van der Waals surface area contributed by atoms with E-state index in [1.807, 2.05) is 0 Å². The van der Waals surface area contributed by atoms with E-state index in [9.17, 15) is 34.8 Å². The number of aromatic nitrogens is 2. The summed E-state index contributed by atoms with van der Waals surface area (Å²) in [5.41, 5.74) is -0.729. The Morgan fingerprint density at radius 3 is 2.29 bits per heavy atom. The molecule has 0 saturated carbocycles. The van der Waals surface area contributed by atoms with E-state index in [1.54, 1.807) is 0 Å². The fraction of sp³-hybridized carbons (Fsp3) is 0.211. The lowest BCUT2D eigenvalue weighted by Crippen LogP contribution is -2.18. The number of benzene rings is 2. The maximum Gasteiger partial charge on any atom is 0.573 e. The number of hydrogen-bond acceptors (Lipinski definition) is 4. The average Bonchev–Trinajstić information content (AvgIpc) is 3.07. The Balaban J connectivity index is 2.18. The van der Waals surface area contributed by atoms with Gasteiger partial charge in [-0.2, -0.15) is 5.10 Å². The summed E-state index contributed by atoms with van der Waals surface area (Å²) in [5, 5.41) is 3.71. The Morgan fingerprint density at radius 2 is 1.74 bits per heavy atom. The van der Waals surface area contributed by atoms with E-state index in [0.29, 0.717) is 0 Å². The molecule has 3 rings (SSSR count). The molecule has 0 atom stereocenters. The van der Waals surface area contributed by atoms with E-state index in [0.717, 1.165) is 35.2 Å². The van der Waals surface area contributed by atoms with Gasteiger partial charge in [-0.05, 0) is 36.8 Å². The van der Waals surface area contributed by atoms with Crippen LogP contribution in [0.25, 0.3) is 16.9 Å². The monoisotopic (exact) mass is 464 g/mol. The van der Waals surface area contributed by atoms with Crippen LogP contribution in [0, 0.1) is 12.7 Å². The fourth-order valence-electron chi connectivity index (χ4n) is 2.82. The number of ether oxygens (including phenoxy) is 1. The van der Waals surface area contributed by atoms with Gasteiger partial charge in [-0.3, -0.25) is 0 Å². The van der Waals surface area contributed by atoms with Crippen LogP contribution in [0.15, 0.2) is 47.4 Å². The molecule has 0 unspecified atom stereocenters. The standard InChI is InChI=1S/C19H14F6N2O3S/c1-10-3-5-12(8-16(10)30-19(23,24)25)27-15(9-14(26-27)18(21)22)11-4-6-17(13(20)7-11)31(2,28)29/h3-9,18H,1-2H3. The van der Waals surface area contributed by atoms with Crippen LogP contribution in [0.2, 0.25) is 0 Å². The van der Waals surface area contributed by atoms with Crippen molar-refractivity contribution in [3.05, 3.63) is 59.5 Å². The van der Waals surface area contributed by atoms with Gasteiger partial charge in [0.25, 0.3) is 6.43 Å². The molecule has 0 aliphatic rings. The first-order valence-corrected chi connectivity index (χ1v) is 10.4. The Bertz CT molecular complexity index is 1240. The Hall–Kier alpha value is -3.02. The lowest BCUT2D eigenvalue weighted by molar-refractivity contribution is -0.274. The van der Waals surface area contributed by atoms with Crippen molar-refractivity contribution < 1.29 is 39.5 Å². The van der Waals surface area contributed by atoms with Crippen LogP contribution in [0.4, 0.5) is 26.3 Å². The summed E-state index contributed by atoms with van der Waals surface area (Å²) in [6.07, 6.45) is -7.19. The molecule has 0 aliphatic carbocycles. The molecule has 0 spiro atoms. The number of nitrogens with zero attached hydrogens (tertiary/aromatic N) is 2. The Labute approximate surface area is 172 Å². The maximum atomic E-state index is 14.3. The lowest BCUT2D eigenvalue weighted by atomic mass is 10.1. The van der Waals surface area contributed by atoms with Gasteiger partial charge in [0.05, 0.1) is 11.4 Å². The minimum Gasteiger partial charge on any atom is -0.405 e. The molecule has 31 heavy (non-hydrogen) atoms. The van der Waals surface area contributed by atoms with Gasteiger partial charge in [-0.25, -0.2) is 26.3 Å². The van der Waals surface area contributed by atoms with Crippen molar-refractivity contribution in [3.8, 4) is 22.7 Å². The van der Waals surface area contributed by atoms with Gasteiger partial charge in [0.2, 0.25) is 0 Å². The first kappa shape index (κ1) is 22.7. The normalized spacial score (nSPS) is 12.4. The smallest absolute Gasteiger partial charge is 0.405 e. The molecule has 12 heteroatoms. The first-order chi connectivity index (χ1) is 14.3. The molecular formula is C19H14F6N2O3S. The van der Waals surface area contributed by atoms with Crippen LogP contribution < -0.4 is 4.74 Å². The zero-order chi connectivity index (χ0) is 23.1. The summed E-state index contributed by atoms with van der Waals surface area (Å²) in [4.78, 5) is -0.590. The molecule has 5 nitrogen and oxygen atoms in total. The number of rotatable bonds is 5. The Kier molecular flexibility index (Phi) is 5.78. The summed E-state index contributed by atoms with van der Waals surface area (Å²) >= 11 is 0. The third kappa shape index (κ3) is 5.01. The topological polar surface area (TPSA) is 61.2 Å². The highest BCUT2D eigenvalue weighted by Gasteiger charge is 2.32. The molecule has 0 aliphatic heterocycles. The van der Waals surface area contributed by atoms with E-state index in [4.69, 9.17) is 0 Å². The van der Waals surface area contributed by atoms with E-state index >= 15 is 0 Å². The average molecular weight is 464 g/mol.